The molecule has 1 aliphatic heterocycles. The number of nitrogens with zero attached hydrogens (tertiary/aromatic N) is 8. The molecule has 0 bridgehead atoms. The molecule has 3 aromatic carbocycles. The normalized spacial score (nSPS) is 15.4. The quantitative estimate of drug-likeness (QED) is 0.0121. The molecular formula is C84H86Cl7F8N23O12. The van der Waals surface area contributed by atoms with Crippen molar-refractivity contribution in [2.24, 2.45) is 17.4 Å². The Bertz CT molecular complexity index is 6950. The second-order valence-electron chi connectivity index (χ2n) is 31.4. The van der Waals surface area contributed by atoms with Gasteiger partial charge in [-0.3, -0.25) is 26.1 Å². The van der Waals surface area contributed by atoms with Gasteiger partial charge in [-0.1, -0.05) is 114 Å². The van der Waals surface area contributed by atoms with Crippen molar-refractivity contribution in [1.29, 1.82) is 0 Å². The number of aromatic nitrogens is 14. The molecule has 5 atom stereocenters. The third-order valence-corrected chi connectivity index (χ3v) is 21.6. The van der Waals surface area contributed by atoms with E-state index in [1.807, 2.05) is 47.7 Å². The van der Waals surface area contributed by atoms with Crippen molar-refractivity contribution in [1.82, 2.24) is 81.1 Å². The number of aliphatic hydroxyl groups excluding tert-OH is 1. The number of carbonyl (C=O) groups excluding carboxylic acids is 3. The first-order valence-electron chi connectivity index (χ1n) is 39.5. The van der Waals surface area contributed by atoms with Gasteiger partial charge >= 0.3 is 24.1 Å². The van der Waals surface area contributed by atoms with E-state index in [9.17, 15) is 64.3 Å². The summed E-state index contributed by atoms with van der Waals surface area (Å²) in [5, 5.41) is 49.2. The Morgan fingerprint density at radius 3 is 1.38 bits per heavy atom. The summed E-state index contributed by atoms with van der Waals surface area (Å²) < 4.78 is 125. The molecule has 21 N–H and O–H groups in total. The van der Waals surface area contributed by atoms with E-state index in [1.165, 1.54) is 42.6 Å². The summed E-state index contributed by atoms with van der Waals surface area (Å²) in [5.41, 5.74) is 13.4. The van der Waals surface area contributed by atoms with Crippen molar-refractivity contribution in [3.8, 4) is 0 Å². The molecule has 50 heteroatoms. The minimum atomic E-state index is -1.67. The van der Waals surface area contributed by atoms with Crippen LogP contribution in [0.15, 0.2) is 94.0 Å². The number of ether oxygens (including phenoxy) is 3. The molecule has 35 nitrogen and oxygen atoms in total. The number of hydrogen-bond acceptors (Lipinski definition) is 26. The number of carboxylic acids is 1. The van der Waals surface area contributed by atoms with Crippen LogP contribution in [0.2, 0.25) is 36.1 Å². The summed E-state index contributed by atoms with van der Waals surface area (Å²) in [6.45, 7) is 16.5. The van der Waals surface area contributed by atoms with Crippen LogP contribution in [0.5, 0.6) is 0 Å². The van der Waals surface area contributed by atoms with E-state index in [4.69, 9.17) is 112 Å². The number of nitrogens with two attached hydrogens (primary N) is 4. The number of aliphatic hydroxyl groups is 1. The smallest absolute Gasteiger partial charge is 0.407 e. The zero-order valence-corrected chi connectivity index (χ0v) is 76.4. The third kappa shape index (κ3) is 25.5. The van der Waals surface area contributed by atoms with Gasteiger partial charge in [0.1, 0.15) is 61.3 Å². The first-order valence-corrected chi connectivity index (χ1v) is 42.1. The number of carbonyl (C=O) groups is 4. The molecule has 2 saturated carbocycles. The molecule has 0 spiro atoms. The number of fused-ring (bicyclic) bond motifs is 7. The Kier molecular flexibility index (Phi) is 35.3. The number of anilines is 6. The first kappa shape index (κ1) is 105. The topological polar surface area (TPSA) is 550 Å². The third-order valence-electron chi connectivity index (χ3n) is 19.8. The van der Waals surface area contributed by atoms with Crippen LogP contribution >= 0.6 is 81.2 Å². The maximum atomic E-state index is 15.7. The molecule has 2 amide bonds. The molecule has 1 unspecified atom stereocenters. The number of alkyl carbamates (subject to hydrolysis) is 2. The number of carboxylic acid groups (broad SMARTS) is 1. The van der Waals surface area contributed by atoms with E-state index in [0.717, 1.165) is 84.6 Å². The predicted octanol–water partition coefficient (Wildman–Crippen LogP) is 18.3. The van der Waals surface area contributed by atoms with Gasteiger partial charge in [-0.15, -0.1) is 0 Å². The number of halogens is 15. The van der Waals surface area contributed by atoms with E-state index < -0.39 is 114 Å². The summed E-state index contributed by atoms with van der Waals surface area (Å²) in [6, 6.07) is 8.33. The van der Waals surface area contributed by atoms with Crippen LogP contribution in [0.25, 0.3) is 65.0 Å². The number of benzene rings is 3. The molecule has 11 aromatic heterocycles. The van der Waals surface area contributed by atoms with Crippen molar-refractivity contribution < 1.29 is 78.7 Å². The minimum Gasteiger partial charge on any atom is -0.478 e. The Balaban J connectivity index is 0.000000184. The van der Waals surface area contributed by atoms with Crippen LogP contribution < -0.4 is 66.4 Å². The molecule has 17 rings (SSSR count). The molecule has 12 heterocycles. The van der Waals surface area contributed by atoms with Crippen LogP contribution in [0, 0.1) is 67.3 Å². The van der Waals surface area contributed by atoms with Crippen molar-refractivity contribution >= 4 is 205 Å². The number of aryl methyl sites for hydroxylation is 3. The van der Waals surface area contributed by atoms with E-state index in [0.29, 0.717) is 51.7 Å². The van der Waals surface area contributed by atoms with Crippen LogP contribution in [0.4, 0.5) is 79.2 Å². The number of amides is 2. The number of pyridine rings is 5. The van der Waals surface area contributed by atoms with Gasteiger partial charge in [0.15, 0.2) is 55.5 Å². The van der Waals surface area contributed by atoms with Crippen LogP contribution in [0.3, 0.4) is 0 Å². The molecule has 2 fully saturated rings. The Morgan fingerprint density at radius 2 is 0.888 bits per heavy atom. The molecule has 3 aliphatic rings. The summed E-state index contributed by atoms with van der Waals surface area (Å²) in [6.07, 6.45) is 13.5. The highest BCUT2D eigenvalue weighted by atomic mass is 35.5. The second-order valence-corrected chi connectivity index (χ2v) is 33.9. The lowest BCUT2D eigenvalue weighted by Crippen LogP contribution is -2.50. The van der Waals surface area contributed by atoms with Gasteiger partial charge in [0.25, 0.3) is 16.7 Å². The molecular weight excluding hydrogens is 1920 g/mol. The highest BCUT2D eigenvalue weighted by Crippen LogP contribution is 2.40. The van der Waals surface area contributed by atoms with E-state index in [2.05, 4.69) is 113 Å². The number of cyclic esters (lactones) is 1. The number of aromatic amines is 6. The molecule has 14 aromatic rings. The van der Waals surface area contributed by atoms with Gasteiger partial charge in [-0.25, -0.2) is 94.5 Å². The van der Waals surface area contributed by atoms with E-state index in [-0.39, 0.29) is 125 Å². The summed E-state index contributed by atoms with van der Waals surface area (Å²) in [7, 11) is 0. The van der Waals surface area contributed by atoms with Gasteiger partial charge in [0.2, 0.25) is 6.29 Å². The summed E-state index contributed by atoms with van der Waals surface area (Å²) >= 11 is 38.4. The first-order chi connectivity index (χ1) is 62.7. The average molecular weight is 2010 g/mol. The number of hydrazine groups is 1. The lowest BCUT2D eigenvalue weighted by atomic mass is 9.90. The molecule has 0 saturated heterocycles. The number of nitrogen functional groups attached to an aromatic ring is 1. The van der Waals surface area contributed by atoms with Crippen molar-refractivity contribution in [2.45, 2.75) is 163 Å². The van der Waals surface area contributed by atoms with E-state index in [1.54, 1.807) is 33.2 Å². The summed E-state index contributed by atoms with van der Waals surface area (Å²) in [5.74, 6) is 0.122. The summed E-state index contributed by atoms with van der Waals surface area (Å²) in [4.78, 5) is 109. The predicted molar refractivity (Wildman–Crippen MR) is 495 cm³/mol. The second kappa shape index (κ2) is 45.0. The van der Waals surface area contributed by atoms with Crippen LogP contribution in [0.1, 0.15) is 150 Å². The molecule has 2 aliphatic carbocycles. The van der Waals surface area contributed by atoms with Crippen molar-refractivity contribution in [3.05, 3.63) is 227 Å². The lowest BCUT2D eigenvalue weighted by Gasteiger charge is -2.34. The number of H-pyrrole nitrogens is 6. The maximum Gasteiger partial charge on any atom is 0.407 e. The lowest BCUT2D eigenvalue weighted by molar-refractivity contribution is -0.0562. The average Bonchev–Trinajstić information content (AvgIpc) is 1.42. The maximum absolute atomic E-state index is 15.7. The number of hydrogen-bond donors (Lipinski definition) is 17. The Morgan fingerprint density at radius 1 is 0.485 bits per heavy atom. The number of esters is 1. The van der Waals surface area contributed by atoms with Crippen molar-refractivity contribution in [2.75, 3.05) is 21.7 Å². The largest absolute Gasteiger partial charge is 0.478 e. The minimum absolute atomic E-state index is 0. The number of aromatic carboxylic acids is 1. The fourth-order valence-electron chi connectivity index (χ4n) is 13.8. The fraction of sp³-hybridized carbons (Fsp3) is 0.298. The SMILES string of the molecule is C.CC(C)(C)OC(=O)N[C@H]1CCCC[C@H]1N.Cc1c[nH]c2c(N)cc(F)cc12.Cc1c[nH]c2c(Nc3nc(Cl)c(F)c4cn[nH]c(=O)c34)cc(F)cc12.Cc1c[nH]c2c(Nc3nc(N[C@@H]4CCCC[C@@H]4NC(=O)OC(C)(C)C)c(F)c4cn[nH]c(=O)c34)cc(F)cc12.NN.O=C(O)c1cc(F)c(Cl)nc1Cl.O=C1OC(O)c2c(F)c(Cl)nc(Cl)c21.O=c1[nH]ncc2c(F)c(Cl)nc(Cl)c12. The van der Waals surface area contributed by atoms with Gasteiger partial charge in [0.05, 0.1) is 96.3 Å². The Hall–Kier alpha value is -12.6. The number of rotatable bonds is 9. The van der Waals surface area contributed by atoms with Gasteiger partial charge < -0.3 is 77.4 Å². The van der Waals surface area contributed by atoms with Crippen molar-refractivity contribution in [3.63, 3.8) is 0 Å². The standard InChI is InChI=1S/C27H31F2N7O3.C16H10ClF2N5O.C11H22N2O2.C9H9FN2.C7H2Cl2FN3O.C7H2Cl2FNO3.C6H2Cl2FNO2.CH4.H4N2/c1-13-11-30-22-15(13)9-14(28)10-19(22)33-23-20-16(12-31-36-25(20)37)21(29)24(35-23)32-17-7-5-6-8-18(17)34-26(38)39-27(2,3)4;1-6-4-20-13-8(6)2-7(18)3-10(13)22-15-11-9(5-21-24-16(11)25)12(19)14(17)23-15;1-11(2,3)15-10(14)13-9-7-5-4-6-8(9)12;1-5-4-12-9-7(5)2-6(10)3-8(9)11;8-5-3-2(1-11-13-7(3)14)4(10)6(9)12-5;8-4-2-1(3(10)5(9)11-4)6(12)14-7(2)13;7-4-2(6(11)12)1-3(9)5(8)10-4;;1-2/h9-12,17-18,30H,5-8H2,1-4H3,(H,34,38)(H,36,37)(H2,32,33,35);2-5,20H,1H3,(H,22,23)(H,24,25);8-9H,4-7,12H2,1-3H3,(H,13,14);2-4,12H,11H2,1H3;1H,(H,13,14);6,12H;1H,(H,11,12);1H4;1-2H2/t17-,18+;;8-,9+;;;;;;/m1.1....../s1. The van der Waals surface area contributed by atoms with Crippen LogP contribution in [-0.2, 0) is 14.2 Å². The zero-order valence-electron chi connectivity index (χ0n) is 71.1. The monoisotopic (exact) mass is 2010 g/mol. The molecule has 134 heavy (non-hydrogen) atoms. The van der Waals surface area contributed by atoms with Gasteiger partial charge in [-0.2, -0.15) is 15.3 Å². The van der Waals surface area contributed by atoms with Gasteiger partial charge in [-0.05, 0) is 147 Å². The highest BCUT2D eigenvalue weighted by Gasteiger charge is 2.38. The molecule has 0 radical (unpaired) electrons. The zero-order chi connectivity index (χ0) is 97.9. The van der Waals surface area contributed by atoms with Crippen LogP contribution in [-0.4, -0.2) is 140 Å². The Labute approximate surface area is 788 Å². The number of nitrogens with one attached hydrogen (secondary N) is 11. The van der Waals surface area contributed by atoms with Gasteiger partial charge in [0, 0.05) is 58.3 Å². The fourth-order valence-corrected chi connectivity index (χ4v) is 15.3. The molecule has 714 valence electrons. The van der Waals surface area contributed by atoms with E-state index >= 15 is 4.39 Å². The highest BCUT2D eigenvalue weighted by molar-refractivity contribution is 6.37.